The van der Waals surface area contributed by atoms with Crippen molar-refractivity contribution >= 4 is 6.09 Å². The van der Waals surface area contributed by atoms with Gasteiger partial charge < -0.3 is 15.0 Å². The van der Waals surface area contributed by atoms with Gasteiger partial charge in [0.25, 0.3) is 0 Å². The smallest absolute Gasteiger partial charge is 0.407 e. The van der Waals surface area contributed by atoms with Crippen LogP contribution in [0.4, 0.5) is 18.0 Å². The summed E-state index contributed by atoms with van der Waals surface area (Å²) in [5.74, 6) is -0.971. The third-order valence-corrected chi connectivity index (χ3v) is 6.80. The molecule has 1 heterocycles. The molecule has 1 amide bonds. The molecule has 5 nitrogen and oxygen atoms in total. The largest absolute Gasteiger partial charge is 0.444 e. The first-order valence-corrected chi connectivity index (χ1v) is 13.2. The molecule has 0 aliphatic carbocycles. The van der Waals surface area contributed by atoms with Gasteiger partial charge in [0.1, 0.15) is 5.60 Å². The highest BCUT2D eigenvalue weighted by Crippen LogP contribution is 2.39. The van der Waals surface area contributed by atoms with E-state index in [9.17, 15) is 18.0 Å². The summed E-state index contributed by atoms with van der Waals surface area (Å²) in [5, 5.41) is 2.79. The maximum atomic E-state index is 13.4. The van der Waals surface area contributed by atoms with Gasteiger partial charge in [-0.3, -0.25) is 4.90 Å². The first-order valence-electron chi connectivity index (χ1n) is 13.2. The lowest BCUT2D eigenvalue weighted by Gasteiger charge is -2.43. The van der Waals surface area contributed by atoms with E-state index in [0.717, 1.165) is 71.2 Å². The average molecular weight is 494 g/mol. The molecule has 1 rings (SSSR count). The fraction of sp³-hybridized carbons (Fsp3) is 0.962. The number of carbonyl (C=O) groups is 1. The second-order valence-corrected chi connectivity index (χ2v) is 11.5. The number of halogens is 3. The third-order valence-electron chi connectivity index (χ3n) is 6.80. The van der Waals surface area contributed by atoms with Crippen LogP contribution in [0.1, 0.15) is 93.4 Å². The first-order chi connectivity index (χ1) is 15.7. The van der Waals surface area contributed by atoms with E-state index in [-0.39, 0.29) is 12.5 Å². The van der Waals surface area contributed by atoms with Gasteiger partial charge in [-0.1, -0.05) is 27.2 Å². The van der Waals surface area contributed by atoms with Crippen LogP contribution < -0.4 is 5.32 Å². The summed E-state index contributed by atoms with van der Waals surface area (Å²) in [5.41, 5.74) is -0.907. The Morgan fingerprint density at radius 3 is 2.18 bits per heavy atom. The molecule has 2 unspecified atom stereocenters. The van der Waals surface area contributed by atoms with Gasteiger partial charge in [0, 0.05) is 18.6 Å². The molecule has 1 aliphatic rings. The molecule has 34 heavy (non-hydrogen) atoms. The van der Waals surface area contributed by atoms with Crippen molar-refractivity contribution in [1.29, 1.82) is 0 Å². The summed E-state index contributed by atoms with van der Waals surface area (Å²) < 4.78 is 45.3. The molecule has 202 valence electrons. The number of alkyl carbamates (subject to hydrolysis) is 1. The van der Waals surface area contributed by atoms with E-state index in [4.69, 9.17) is 4.74 Å². The zero-order valence-corrected chi connectivity index (χ0v) is 22.7. The number of amides is 1. The highest BCUT2D eigenvalue weighted by atomic mass is 19.4. The molecule has 1 saturated heterocycles. The molecular formula is C26H50F3N3O2. The van der Waals surface area contributed by atoms with Crippen molar-refractivity contribution in [3.05, 3.63) is 0 Å². The molecule has 8 heteroatoms. The van der Waals surface area contributed by atoms with E-state index in [1.54, 1.807) is 0 Å². The van der Waals surface area contributed by atoms with Gasteiger partial charge in [0.2, 0.25) is 0 Å². The van der Waals surface area contributed by atoms with E-state index >= 15 is 0 Å². The lowest BCUT2D eigenvalue weighted by atomic mass is 9.80. The van der Waals surface area contributed by atoms with Crippen molar-refractivity contribution < 1.29 is 22.7 Å². The molecular weight excluding hydrogens is 443 g/mol. The molecule has 0 aromatic heterocycles. The maximum absolute atomic E-state index is 13.4. The molecule has 1 fully saturated rings. The number of likely N-dealkylation sites (tertiary alicyclic amines) is 1. The van der Waals surface area contributed by atoms with Crippen LogP contribution in [0.15, 0.2) is 0 Å². The Labute approximate surface area is 206 Å². The normalized spacial score (nSPS) is 19.1. The minimum absolute atomic E-state index is 0.164. The van der Waals surface area contributed by atoms with Crippen molar-refractivity contribution in [2.45, 2.75) is 111 Å². The summed E-state index contributed by atoms with van der Waals surface area (Å²) in [6, 6.07) is 0. The summed E-state index contributed by atoms with van der Waals surface area (Å²) >= 11 is 0. The topological polar surface area (TPSA) is 44.8 Å². The molecule has 0 aromatic rings. The molecule has 0 bridgehead atoms. The molecule has 1 N–H and O–H groups in total. The van der Waals surface area contributed by atoms with E-state index in [1.807, 2.05) is 27.7 Å². The SMILES string of the molecule is CCN(CCCCCNC(=O)OC(C)(C)C)CC(C)CC(C)(C[C@H](C)C(F)(F)F)N1CCCC1. The minimum Gasteiger partial charge on any atom is -0.444 e. The van der Waals surface area contributed by atoms with Crippen LogP contribution >= 0.6 is 0 Å². The Hall–Kier alpha value is -1.02. The van der Waals surface area contributed by atoms with Gasteiger partial charge in [0.15, 0.2) is 0 Å². The predicted octanol–water partition coefficient (Wildman–Crippen LogP) is 6.47. The van der Waals surface area contributed by atoms with Gasteiger partial charge >= 0.3 is 12.3 Å². The quantitative estimate of drug-likeness (QED) is 0.282. The van der Waals surface area contributed by atoms with Crippen molar-refractivity contribution in [1.82, 2.24) is 15.1 Å². The number of hydrogen-bond donors (Lipinski definition) is 1. The lowest BCUT2D eigenvalue weighted by Crippen LogP contribution is -2.49. The van der Waals surface area contributed by atoms with E-state index in [2.05, 4.69) is 29.0 Å². The van der Waals surface area contributed by atoms with Gasteiger partial charge in [-0.2, -0.15) is 13.2 Å². The number of hydrogen-bond acceptors (Lipinski definition) is 4. The number of carbonyl (C=O) groups excluding carboxylic acids is 1. The number of nitrogens with zero attached hydrogens (tertiary/aromatic N) is 2. The van der Waals surface area contributed by atoms with Crippen molar-refractivity contribution in [3.8, 4) is 0 Å². The second kappa shape index (κ2) is 13.9. The maximum Gasteiger partial charge on any atom is 0.407 e. The van der Waals surface area contributed by atoms with Crippen LogP contribution in [0, 0.1) is 11.8 Å². The van der Waals surface area contributed by atoms with Gasteiger partial charge in [0.05, 0.1) is 5.92 Å². The number of rotatable bonds is 14. The van der Waals surface area contributed by atoms with Gasteiger partial charge in [-0.25, -0.2) is 4.79 Å². The predicted molar refractivity (Wildman–Crippen MR) is 133 cm³/mol. The van der Waals surface area contributed by atoms with Gasteiger partial charge in [-0.05, 0) is 98.3 Å². The van der Waals surface area contributed by atoms with Crippen LogP contribution in [0.3, 0.4) is 0 Å². The highest BCUT2D eigenvalue weighted by molar-refractivity contribution is 5.67. The lowest BCUT2D eigenvalue weighted by molar-refractivity contribution is -0.179. The van der Waals surface area contributed by atoms with Crippen molar-refractivity contribution in [2.75, 3.05) is 39.3 Å². The average Bonchev–Trinajstić information content (AvgIpc) is 3.23. The van der Waals surface area contributed by atoms with Crippen LogP contribution in [0.5, 0.6) is 0 Å². The second-order valence-electron chi connectivity index (χ2n) is 11.5. The first kappa shape index (κ1) is 31.0. The van der Waals surface area contributed by atoms with Crippen LogP contribution in [0.25, 0.3) is 0 Å². The summed E-state index contributed by atoms with van der Waals surface area (Å²) in [4.78, 5) is 16.4. The van der Waals surface area contributed by atoms with E-state index < -0.39 is 23.2 Å². The minimum atomic E-state index is -4.14. The standard InChI is InChI=1S/C26H50F3N3O2/c1-8-31(15-11-9-10-14-30-23(33)34-24(4,5)6)20-21(2)18-25(7,32-16-12-13-17-32)19-22(3)26(27,28)29/h21-22H,8-20H2,1-7H3,(H,30,33)/t21?,22-,25?/m0/s1. The van der Waals surface area contributed by atoms with Crippen LogP contribution in [0.2, 0.25) is 0 Å². The molecule has 0 saturated carbocycles. The highest BCUT2D eigenvalue weighted by Gasteiger charge is 2.44. The van der Waals surface area contributed by atoms with Crippen LogP contribution in [-0.4, -0.2) is 72.5 Å². The molecule has 1 aliphatic heterocycles. The Kier molecular flexibility index (Phi) is 12.7. The Morgan fingerprint density at radius 1 is 1.03 bits per heavy atom. The summed E-state index contributed by atoms with van der Waals surface area (Å²) in [7, 11) is 0. The third kappa shape index (κ3) is 12.1. The molecule has 0 aromatic carbocycles. The zero-order valence-electron chi connectivity index (χ0n) is 22.7. The fourth-order valence-electron chi connectivity index (χ4n) is 5.15. The van der Waals surface area contributed by atoms with E-state index in [1.165, 1.54) is 6.92 Å². The monoisotopic (exact) mass is 493 g/mol. The summed E-state index contributed by atoms with van der Waals surface area (Å²) in [6.45, 7) is 18.4. The number of ether oxygens (including phenoxy) is 1. The number of unbranched alkanes of at least 4 members (excludes halogenated alkanes) is 2. The van der Waals surface area contributed by atoms with Crippen molar-refractivity contribution in [3.63, 3.8) is 0 Å². The summed E-state index contributed by atoms with van der Waals surface area (Å²) in [6.07, 6.45) is 1.52. The molecule has 0 radical (unpaired) electrons. The fourth-order valence-corrected chi connectivity index (χ4v) is 5.15. The van der Waals surface area contributed by atoms with Crippen molar-refractivity contribution in [2.24, 2.45) is 11.8 Å². The molecule has 3 atom stereocenters. The Morgan fingerprint density at radius 2 is 1.65 bits per heavy atom. The Bertz CT molecular complexity index is 589. The van der Waals surface area contributed by atoms with E-state index in [0.29, 0.717) is 12.5 Å². The Balaban J connectivity index is 2.46. The molecule has 0 spiro atoms. The number of alkyl halides is 3. The zero-order chi connectivity index (χ0) is 26.0. The van der Waals surface area contributed by atoms with Gasteiger partial charge in [-0.15, -0.1) is 0 Å². The number of nitrogens with one attached hydrogen (secondary N) is 1. The van der Waals surface area contributed by atoms with Crippen LogP contribution in [-0.2, 0) is 4.74 Å².